The molecular formula is C27H32N6O3. The highest BCUT2D eigenvalue weighted by molar-refractivity contribution is 5.99. The molecule has 9 nitrogen and oxygen atoms in total. The number of fused-ring (bicyclic) bond motifs is 1. The van der Waals surface area contributed by atoms with Crippen molar-refractivity contribution in [2.24, 2.45) is 5.41 Å². The van der Waals surface area contributed by atoms with Gasteiger partial charge in [0.15, 0.2) is 0 Å². The lowest BCUT2D eigenvalue weighted by Crippen LogP contribution is -2.45. The Balaban J connectivity index is 1.29. The predicted molar refractivity (Wildman–Crippen MR) is 137 cm³/mol. The van der Waals surface area contributed by atoms with Crippen LogP contribution in [0.2, 0.25) is 0 Å². The van der Waals surface area contributed by atoms with Crippen molar-refractivity contribution in [1.82, 2.24) is 25.2 Å². The van der Waals surface area contributed by atoms with Crippen LogP contribution < -0.4 is 16.2 Å². The molecule has 1 aromatic heterocycles. The number of carbonyl (C=O) groups is 2. The highest BCUT2D eigenvalue weighted by Crippen LogP contribution is 2.30. The van der Waals surface area contributed by atoms with Crippen LogP contribution in [0.4, 0.5) is 5.69 Å². The van der Waals surface area contributed by atoms with Gasteiger partial charge in [0.05, 0.1) is 5.39 Å². The van der Waals surface area contributed by atoms with Gasteiger partial charge >= 0.3 is 0 Å². The molecule has 2 aliphatic rings. The summed E-state index contributed by atoms with van der Waals surface area (Å²) in [6.45, 7) is 8.47. The quantitative estimate of drug-likeness (QED) is 0.514. The van der Waals surface area contributed by atoms with Gasteiger partial charge in [-0.2, -0.15) is 4.68 Å². The Labute approximate surface area is 209 Å². The zero-order chi connectivity index (χ0) is 25.3. The maximum atomic E-state index is 13.3. The SMILES string of the molecule is CC1(C)CCN(Cc2ccc(CNc3cccc4nnn(C5CCC(=O)NC5=O)c(=O)c34)cc2)CC1. The van der Waals surface area contributed by atoms with Crippen molar-refractivity contribution in [3.05, 3.63) is 63.9 Å². The molecule has 2 aliphatic heterocycles. The lowest BCUT2D eigenvalue weighted by Gasteiger charge is -2.36. The summed E-state index contributed by atoms with van der Waals surface area (Å²) in [6, 6.07) is 13.1. The summed E-state index contributed by atoms with van der Waals surface area (Å²) < 4.78 is 1.09. The van der Waals surface area contributed by atoms with Gasteiger partial charge in [-0.3, -0.25) is 24.6 Å². The maximum absolute atomic E-state index is 13.3. The first-order chi connectivity index (χ1) is 17.3. The van der Waals surface area contributed by atoms with Gasteiger partial charge in [0, 0.05) is 25.2 Å². The number of nitrogens with one attached hydrogen (secondary N) is 2. The summed E-state index contributed by atoms with van der Waals surface area (Å²) in [7, 11) is 0. The van der Waals surface area contributed by atoms with E-state index in [1.165, 1.54) is 18.4 Å². The van der Waals surface area contributed by atoms with Crippen molar-refractivity contribution in [2.75, 3.05) is 18.4 Å². The normalized spacial score (nSPS) is 20.3. The smallest absolute Gasteiger partial charge is 0.280 e. The van der Waals surface area contributed by atoms with Gasteiger partial charge in [-0.1, -0.05) is 49.4 Å². The third kappa shape index (κ3) is 5.16. The molecule has 3 heterocycles. The van der Waals surface area contributed by atoms with Gasteiger partial charge in [-0.25, -0.2) is 0 Å². The lowest BCUT2D eigenvalue weighted by atomic mass is 9.82. The number of amides is 2. The van der Waals surface area contributed by atoms with E-state index < -0.39 is 17.5 Å². The molecule has 2 saturated heterocycles. The van der Waals surface area contributed by atoms with Crippen molar-refractivity contribution in [1.29, 1.82) is 0 Å². The molecule has 36 heavy (non-hydrogen) atoms. The Hall–Kier alpha value is -3.59. The molecule has 0 bridgehead atoms. The van der Waals surface area contributed by atoms with Crippen LogP contribution in [0.25, 0.3) is 10.9 Å². The average molecular weight is 489 g/mol. The van der Waals surface area contributed by atoms with Gasteiger partial charge < -0.3 is 5.32 Å². The monoisotopic (exact) mass is 488 g/mol. The molecule has 1 unspecified atom stereocenters. The minimum absolute atomic E-state index is 0.161. The molecule has 0 radical (unpaired) electrons. The number of nitrogens with zero attached hydrogens (tertiary/aromatic N) is 4. The van der Waals surface area contributed by atoms with Crippen molar-refractivity contribution in [3.63, 3.8) is 0 Å². The Kier molecular flexibility index (Phi) is 6.57. The molecule has 0 saturated carbocycles. The molecule has 2 aromatic carbocycles. The van der Waals surface area contributed by atoms with Crippen molar-refractivity contribution in [3.8, 4) is 0 Å². The fraction of sp³-hybridized carbons (Fsp3) is 0.444. The summed E-state index contributed by atoms with van der Waals surface area (Å²) in [5.41, 5.74) is 3.53. The number of piperidine rings is 2. The second kappa shape index (κ2) is 9.81. The molecular weight excluding hydrogens is 456 g/mol. The first-order valence-electron chi connectivity index (χ1n) is 12.6. The Morgan fingerprint density at radius 2 is 1.75 bits per heavy atom. The third-order valence-electron chi connectivity index (χ3n) is 7.34. The summed E-state index contributed by atoms with van der Waals surface area (Å²) in [5, 5.41) is 14.2. The van der Waals surface area contributed by atoms with E-state index in [0.717, 1.165) is 29.9 Å². The first kappa shape index (κ1) is 24.1. The minimum Gasteiger partial charge on any atom is -0.380 e. The van der Waals surface area contributed by atoms with E-state index >= 15 is 0 Å². The molecule has 2 N–H and O–H groups in total. The minimum atomic E-state index is -0.848. The molecule has 1 atom stereocenters. The molecule has 9 heteroatoms. The van der Waals surface area contributed by atoms with Crippen LogP contribution in [0.3, 0.4) is 0 Å². The van der Waals surface area contributed by atoms with E-state index in [0.29, 0.717) is 28.6 Å². The molecule has 2 fully saturated rings. The predicted octanol–water partition coefficient (Wildman–Crippen LogP) is 3.00. The maximum Gasteiger partial charge on any atom is 0.280 e. The number of aromatic nitrogens is 3. The molecule has 0 spiro atoms. The number of hydrogen-bond acceptors (Lipinski definition) is 7. The van der Waals surface area contributed by atoms with Gasteiger partial charge in [0.25, 0.3) is 11.5 Å². The zero-order valence-electron chi connectivity index (χ0n) is 20.8. The number of rotatable bonds is 6. The second-order valence-corrected chi connectivity index (χ2v) is 10.6. The van der Waals surface area contributed by atoms with E-state index in [2.05, 4.69) is 64.0 Å². The molecule has 188 valence electrons. The van der Waals surface area contributed by atoms with Gasteiger partial charge in [-0.15, -0.1) is 5.10 Å². The first-order valence-corrected chi connectivity index (χ1v) is 12.6. The van der Waals surface area contributed by atoms with Crippen LogP contribution in [0.5, 0.6) is 0 Å². The number of likely N-dealkylation sites (tertiary alicyclic amines) is 1. The Morgan fingerprint density at radius 1 is 1.03 bits per heavy atom. The fourth-order valence-corrected chi connectivity index (χ4v) is 4.90. The third-order valence-corrected chi connectivity index (χ3v) is 7.34. The Morgan fingerprint density at radius 3 is 2.47 bits per heavy atom. The largest absolute Gasteiger partial charge is 0.380 e. The number of hydrogen-bond donors (Lipinski definition) is 2. The van der Waals surface area contributed by atoms with Crippen LogP contribution in [0.1, 0.15) is 56.7 Å². The summed E-state index contributed by atoms with van der Waals surface area (Å²) in [6.07, 6.45) is 2.85. The number of imide groups is 1. The fourth-order valence-electron chi connectivity index (χ4n) is 4.90. The van der Waals surface area contributed by atoms with Crippen LogP contribution in [-0.2, 0) is 22.7 Å². The highest BCUT2D eigenvalue weighted by Gasteiger charge is 2.30. The van der Waals surface area contributed by atoms with Gasteiger partial charge in [0.1, 0.15) is 11.6 Å². The molecule has 5 rings (SSSR count). The topological polar surface area (TPSA) is 109 Å². The summed E-state index contributed by atoms with van der Waals surface area (Å²) in [4.78, 5) is 39.6. The van der Waals surface area contributed by atoms with E-state index in [-0.39, 0.29) is 18.7 Å². The summed E-state index contributed by atoms with van der Waals surface area (Å²) >= 11 is 0. The van der Waals surface area contributed by atoms with E-state index in [1.807, 2.05) is 12.1 Å². The number of anilines is 1. The lowest BCUT2D eigenvalue weighted by molar-refractivity contribution is -0.136. The second-order valence-electron chi connectivity index (χ2n) is 10.6. The van der Waals surface area contributed by atoms with Crippen molar-refractivity contribution >= 4 is 28.4 Å². The van der Waals surface area contributed by atoms with Gasteiger partial charge in [-0.05, 0) is 61.0 Å². The standard InChI is InChI=1S/C27H32N6O3/c1-27(2)12-14-32(15-13-27)17-19-8-6-18(7-9-19)16-28-20-4-3-5-21-24(20)26(36)33(31-30-21)22-10-11-23(34)29-25(22)35/h3-9,22,28H,10-17H2,1-2H3,(H,29,34,35). The van der Waals surface area contributed by atoms with Crippen molar-refractivity contribution < 1.29 is 9.59 Å². The highest BCUT2D eigenvalue weighted by atomic mass is 16.2. The van der Waals surface area contributed by atoms with Gasteiger partial charge in [0.2, 0.25) is 5.91 Å². The zero-order valence-corrected chi connectivity index (χ0v) is 20.8. The Bertz CT molecular complexity index is 1340. The average Bonchev–Trinajstić information content (AvgIpc) is 2.86. The number of carbonyl (C=O) groups excluding carboxylic acids is 2. The van der Waals surface area contributed by atoms with Crippen LogP contribution in [0, 0.1) is 5.41 Å². The van der Waals surface area contributed by atoms with E-state index in [9.17, 15) is 14.4 Å². The van der Waals surface area contributed by atoms with Crippen LogP contribution in [-0.4, -0.2) is 44.8 Å². The van der Waals surface area contributed by atoms with Crippen LogP contribution in [0.15, 0.2) is 47.3 Å². The van der Waals surface area contributed by atoms with Crippen molar-refractivity contribution in [2.45, 2.75) is 58.7 Å². The number of benzene rings is 2. The molecule has 3 aromatic rings. The van der Waals surface area contributed by atoms with E-state index in [4.69, 9.17) is 0 Å². The van der Waals surface area contributed by atoms with E-state index in [1.54, 1.807) is 6.07 Å². The summed E-state index contributed by atoms with van der Waals surface area (Å²) in [5.74, 6) is -0.868. The molecule has 2 amide bonds. The molecule has 0 aliphatic carbocycles. The van der Waals surface area contributed by atoms with Crippen LogP contribution >= 0.6 is 0 Å².